The molecular weight excluding hydrogens is 621 g/mol. The Kier molecular flexibility index (Phi) is 9.38. The zero-order chi connectivity index (χ0) is 31.5. The van der Waals surface area contributed by atoms with Crippen molar-refractivity contribution in [3.63, 3.8) is 0 Å². The Balaban J connectivity index is 1.10. The highest BCUT2D eigenvalue weighted by molar-refractivity contribution is 8.18. The number of ketones is 1. The van der Waals surface area contributed by atoms with Crippen LogP contribution in [-0.4, -0.2) is 92.7 Å². The van der Waals surface area contributed by atoms with Crippen LogP contribution in [-0.2, 0) is 22.7 Å². The van der Waals surface area contributed by atoms with Crippen LogP contribution in [0, 0.1) is 5.82 Å². The molecule has 2 atom stereocenters. The minimum atomic E-state index is -0.597. The number of esters is 1. The van der Waals surface area contributed by atoms with E-state index in [2.05, 4.69) is 19.8 Å². The predicted octanol–water partition coefficient (Wildman–Crippen LogP) is 4.23. The van der Waals surface area contributed by atoms with E-state index in [-0.39, 0.29) is 25.0 Å². The molecule has 2 unspecified atom stereocenters. The number of carbonyl (C=O) groups excluding carboxylic acids is 2. The number of pyridine rings is 1. The number of aromatic nitrogens is 3. The van der Waals surface area contributed by atoms with Crippen LogP contribution in [0.25, 0.3) is 0 Å². The highest BCUT2D eigenvalue weighted by Gasteiger charge is 2.46. The van der Waals surface area contributed by atoms with E-state index in [1.807, 2.05) is 28.5 Å². The van der Waals surface area contributed by atoms with Crippen LogP contribution in [0.1, 0.15) is 29.9 Å². The number of amidine groups is 1. The Bertz CT molecular complexity index is 1640. The lowest BCUT2D eigenvalue weighted by molar-refractivity contribution is -0.137. The van der Waals surface area contributed by atoms with Gasteiger partial charge in [-0.1, -0.05) is 23.7 Å². The van der Waals surface area contributed by atoms with Gasteiger partial charge >= 0.3 is 5.97 Å². The number of rotatable bonds is 11. The lowest BCUT2D eigenvalue weighted by Gasteiger charge is -2.37. The first-order valence-electron chi connectivity index (χ1n) is 14.8. The van der Waals surface area contributed by atoms with E-state index >= 15 is 0 Å². The number of aliphatic imine (C=N–C) groups is 1. The number of aryl methyl sites for hydroxylation is 1. The number of fused-ring (bicyclic) bond motifs is 1. The molecule has 236 valence electrons. The molecule has 6 rings (SSSR count). The van der Waals surface area contributed by atoms with Crippen molar-refractivity contribution >= 4 is 46.1 Å². The summed E-state index contributed by atoms with van der Waals surface area (Å²) < 4.78 is 27.0. The molecule has 3 aliphatic heterocycles. The molecule has 1 aromatic carbocycles. The zero-order valence-corrected chi connectivity index (χ0v) is 26.5. The van der Waals surface area contributed by atoms with Crippen molar-refractivity contribution in [1.29, 1.82) is 0 Å². The van der Waals surface area contributed by atoms with Crippen LogP contribution >= 0.6 is 23.4 Å². The van der Waals surface area contributed by atoms with E-state index in [9.17, 15) is 14.0 Å². The molecule has 5 heterocycles. The van der Waals surface area contributed by atoms with Crippen LogP contribution in [0.5, 0.6) is 5.88 Å². The average Bonchev–Trinajstić information content (AvgIpc) is 3.76. The fourth-order valence-electron chi connectivity index (χ4n) is 5.59. The molecule has 0 bridgehead atoms. The molecule has 3 aromatic rings. The minimum Gasteiger partial charge on any atom is -0.473 e. The normalized spacial score (nSPS) is 19.7. The smallest absolute Gasteiger partial charge is 0.346 e. The van der Waals surface area contributed by atoms with Crippen LogP contribution in [0.4, 0.5) is 10.2 Å². The summed E-state index contributed by atoms with van der Waals surface area (Å²) in [7, 11) is 0. The number of thioether (sulfide) groups is 1. The van der Waals surface area contributed by atoms with Gasteiger partial charge in [-0.3, -0.25) is 14.7 Å². The molecule has 0 spiro atoms. The molecule has 0 saturated carbocycles. The summed E-state index contributed by atoms with van der Waals surface area (Å²) >= 11 is 7.09. The Hall–Kier alpha value is -3.94. The SMILES string of the molecule is CCOC(=O)C1=CN2C(=NC(CN3CCN(c4cccc(OCc5ccc(Cl)cc5F)n4)CC3)C2C(=O)c2cncn2CC)S1. The summed E-state index contributed by atoms with van der Waals surface area (Å²) in [6, 6.07) is 9.12. The number of hydrogen-bond acceptors (Lipinski definition) is 11. The highest BCUT2D eigenvalue weighted by atomic mass is 35.5. The van der Waals surface area contributed by atoms with E-state index in [0.29, 0.717) is 45.3 Å². The quantitative estimate of drug-likeness (QED) is 0.221. The van der Waals surface area contributed by atoms with Gasteiger partial charge in [0.2, 0.25) is 11.7 Å². The van der Waals surface area contributed by atoms with Gasteiger partial charge in [-0.05, 0) is 43.8 Å². The molecule has 3 aliphatic rings. The second-order valence-corrected chi connectivity index (χ2v) is 12.2. The van der Waals surface area contributed by atoms with Gasteiger partial charge in [0.1, 0.15) is 34.9 Å². The van der Waals surface area contributed by atoms with E-state index < -0.39 is 17.8 Å². The number of ether oxygens (including phenoxy) is 2. The van der Waals surface area contributed by atoms with Crippen molar-refractivity contribution in [1.82, 2.24) is 24.3 Å². The Labute approximate surface area is 269 Å². The van der Waals surface area contributed by atoms with E-state index in [4.69, 9.17) is 26.1 Å². The molecule has 0 amide bonds. The first kappa shape index (κ1) is 31.1. The number of hydrogen-bond donors (Lipinski definition) is 0. The van der Waals surface area contributed by atoms with Crippen LogP contribution in [0.2, 0.25) is 5.02 Å². The van der Waals surface area contributed by atoms with Gasteiger partial charge in [-0.2, -0.15) is 4.98 Å². The third kappa shape index (κ3) is 6.70. The molecule has 45 heavy (non-hydrogen) atoms. The zero-order valence-electron chi connectivity index (χ0n) is 24.9. The largest absolute Gasteiger partial charge is 0.473 e. The predicted molar refractivity (Wildman–Crippen MR) is 170 cm³/mol. The molecule has 1 saturated heterocycles. The molecule has 14 heteroatoms. The highest BCUT2D eigenvalue weighted by Crippen LogP contribution is 2.38. The molecule has 1 fully saturated rings. The van der Waals surface area contributed by atoms with Crippen molar-refractivity contribution in [2.45, 2.75) is 39.1 Å². The van der Waals surface area contributed by atoms with Gasteiger partial charge in [0.15, 0.2) is 5.17 Å². The maximum absolute atomic E-state index is 14.2. The van der Waals surface area contributed by atoms with Crippen LogP contribution < -0.4 is 9.64 Å². The number of piperazine rings is 1. The van der Waals surface area contributed by atoms with Crippen molar-refractivity contribution in [3.8, 4) is 5.88 Å². The van der Waals surface area contributed by atoms with Crippen molar-refractivity contribution in [2.24, 2.45) is 4.99 Å². The van der Waals surface area contributed by atoms with Gasteiger partial charge in [0, 0.05) is 62.1 Å². The number of nitrogens with zero attached hydrogens (tertiary/aromatic N) is 7. The molecule has 2 aromatic heterocycles. The summed E-state index contributed by atoms with van der Waals surface area (Å²) in [5.74, 6) is 0.263. The summed E-state index contributed by atoms with van der Waals surface area (Å²) in [5.41, 5.74) is 0.918. The van der Waals surface area contributed by atoms with Gasteiger partial charge in [0.25, 0.3) is 0 Å². The Morgan fingerprint density at radius 2 is 1.96 bits per heavy atom. The van der Waals surface area contributed by atoms with E-state index in [0.717, 1.165) is 32.0 Å². The lowest BCUT2D eigenvalue weighted by atomic mass is 10.0. The monoisotopic (exact) mass is 653 g/mol. The Morgan fingerprint density at radius 3 is 2.71 bits per heavy atom. The fourth-order valence-corrected chi connectivity index (χ4v) is 6.72. The summed E-state index contributed by atoms with van der Waals surface area (Å²) in [6.45, 7) is 8.17. The lowest BCUT2D eigenvalue weighted by Crippen LogP contribution is -2.52. The van der Waals surface area contributed by atoms with Gasteiger partial charge in [-0.15, -0.1) is 0 Å². The third-order valence-electron chi connectivity index (χ3n) is 7.91. The van der Waals surface area contributed by atoms with Gasteiger partial charge in [0.05, 0.1) is 25.2 Å². The second kappa shape index (κ2) is 13.6. The second-order valence-electron chi connectivity index (χ2n) is 10.7. The molecular formula is C31H33ClFN7O4S. The van der Waals surface area contributed by atoms with Gasteiger partial charge in [-0.25, -0.2) is 14.2 Å². The average molecular weight is 654 g/mol. The minimum absolute atomic E-state index is 0.0435. The van der Waals surface area contributed by atoms with Crippen molar-refractivity contribution < 1.29 is 23.5 Å². The number of Topliss-reactive ketones (excluding diaryl/α,β-unsaturated/α-hetero) is 1. The summed E-state index contributed by atoms with van der Waals surface area (Å²) in [5, 5.41) is 0.961. The van der Waals surface area contributed by atoms with E-state index in [1.165, 1.54) is 17.8 Å². The first-order chi connectivity index (χ1) is 21.8. The maximum Gasteiger partial charge on any atom is 0.346 e. The van der Waals surface area contributed by atoms with Gasteiger partial charge < -0.3 is 23.8 Å². The molecule has 11 nitrogen and oxygen atoms in total. The number of halogens is 2. The summed E-state index contributed by atoms with van der Waals surface area (Å²) in [6.07, 6.45) is 4.94. The van der Waals surface area contributed by atoms with Crippen molar-refractivity contribution in [2.75, 3.05) is 44.2 Å². The first-order valence-corrected chi connectivity index (χ1v) is 16.0. The van der Waals surface area contributed by atoms with Crippen LogP contribution in [0.3, 0.4) is 0 Å². The molecule has 0 radical (unpaired) electrons. The number of carbonyl (C=O) groups is 2. The standard InChI is InChI=1S/C31H33ClFN7O4S/c1-3-38-19-34-15-24(38)29(41)28-23(35-31-40(28)17-25(45-31)30(42)43-4-2)16-37-10-12-39(13-11-37)26-6-5-7-27(36-26)44-18-20-8-9-21(32)14-22(20)33/h5-9,14-15,17,19,23,28H,3-4,10-13,16,18H2,1-2H3. The Morgan fingerprint density at radius 1 is 1.13 bits per heavy atom. The van der Waals surface area contributed by atoms with Crippen LogP contribution in [0.15, 0.2) is 65.0 Å². The summed E-state index contributed by atoms with van der Waals surface area (Å²) in [4.78, 5) is 46.9. The number of anilines is 1. The topological polar surface area (TPSA) is 105 Å². The molecule has 0 aliphatic carbocycles. The number of benzene rings is 1. The van der Waals surface area contributed by atoms with E-state index in [1.54, 1.807) is 43.8 Å². The molecule has 0 N–H and O–H groups in total. The maximum atomic E-state index is 14.2. The number of imidazole rings is 1. The fraction of sp³-hybridized carbons (Fsp3) is 0.387. The third-order valence-corrected chi connectivity index (χ3v) is 9.14. The van der Waals surface area contributed by atoms with Crippen molar-refractivity contribution in [3.05, 3.63) is 82.1 Å².